The molecular weight excluding hydrogens is 430 g/mol. The molecule has 0 bridgehead atoms. The van der Waals surface area contributed by atoms with Crippen LogP contribution >= 0.6 is 34.5 Å². The van der Waals surface area contributed by atoms with E-state index in [0.29, 0.717) is 9.90 Å². The van der Waals surface area contributed by atoms with Gasteiger partial charge in [-0.3, -0.25) is 14.3 Å². The standard InChI is InChI=1S/C15H16Cl2F3N3O3S/c1-7(11(25-3)9-6-27-13(17)10(9)16)23(26-4)14(24)8-5-22(2)21-12(8)15(18,19)20/h5-7,11H,1-4H3. The first-order valence-electron chi connectivity index (χ1n) is 7.46. The van der Waals surface area contributed by atoms with Crippen molar-refractivity contribution >= 4 is 40.4 Å². The molecule has 27 heavy (non-hydrogen) atoms. The van der Waals surface area contributed by atoms with Crippen LogP contribution in [0.25, 0.3) is 0 Å². The maximum Gasteiger partial charge on any atom is 0.435 e. The fraction of sp³-hybridized carbons (Fsp3) is 0.467. The van der Waals surface area contributed by atoms with Gasteiger partial charge >= 0.3 is 6.18 Å². The Morgan fingerprint density at radius 1 is 1.37 bits per heavy atom. The van der Waals surface area contributed by atoms with Crippen LogP contribution in [-0.4, -0.2) is 41.0 Å². The summed E-state index contributed by atoms with van der Waals surface area (Å²) in [6.45, 7) is 1.56. The van der Waals surface area contributed by atoms with Gasteiger partial charge < -0.3 is 4.74 Å². The molecule has 12 heteroatoms. The lowest BCUT2D eigenvalue weighted by molar-refractivity contribution is -0.152. The van der Waals surface area contributed by atoms with Gasteiger partial charge in [0.2, 0.25) is 0 Å². The number of hydrogen-bond donors (Lipinski definition) is 0. The van der Waals surface area contributed by atoms with Gasteiger partial charge in [-0.1, -0.05) is 23.2 Å². The van der Waals surface area contributed by atoms with E-state index in [-0.39, 0.29) is 5.02 Å². The van der Waals surface area contributed by atoms with Crippen LogP contribution < -0.4 is 0 Å². The number of aromatic nitrogens is 2. The molecule has 2 aromatic heterocycles. The summed E-state index contributed by atoms with van der Waals surface area (Å²) in [5, 5.41) is 6.04. The van der Waals surface area contributed by atoms with Crippen molar-refractivity contribution in [3.8, 4) is 0 Å². The molecule has 2 unspecified atom stereocenters. The maximum absolute atomic E-state index is 13.2. The number of carbonyl (C=O) groups is 1. The molecule has 150 valence electrons. The minimum Gasteiger partial charge on any atom is -0.374 e. The molecule has 6 nitrogen and oxygen atoms in total. The normalized spacial score (nSPS) is 14.3. The Balaban J connectivity index is 2.40. The molecule has 0 aliphatic heterocycles. The van der Waals surface area contributed by atoms with Gasteiger partial charge in [0.05, 0.1) is 23.7 Å². The number of alkyl halides is 3. The number of thiophene rings is 1. The molecule has 0 aromatic carbocycles. The fourth-order valence-corrected chi connectivity index (χ4v) is 3.94. The maximum atomic E-state index is 13.2. The zero-order valence-electron chi connectivity index (χ0n) is 14.7. The largest absolute Gasteiger partial charge is 0.435 e. The Labute approximate surface area is 167 Å². The van der Waals surface area contributed by atoms with Crippen LogP contribution in [0.4, 0.5) is 13.2 Å². The van der Waals surface area contributed by atoms with Crippen molar-refractivity contribution < 1.29 is 27.5 Å². The third-order valence-electron chi connectivity index (χ3n) is 3.81. The van der Waals surface area contributed by atoms with E-state index in [1.165, 1.54) is 32.6 Å². The summed E-state index contributed by atoms with van der Waals surface area (Å²) in [4.78, 5) is 17.9. The first kappa shape index (κ1) is 22.0. The minimum absolute atomic E-state index is 0.251. The molecule has 0 aliphatic carbocycles. The van der Waals surface area contributed by atoms with Gasteiger partial charge in [-0.2, -0.15) is 18.3 Å². The Hall–Kier alpha value is -1.33. The number of ether oxygens (including phenoxy) is 1. The number of carbonyl (C=O) groups excluding carboxylic acids is 1. The van der Waals surface area contributed by atoms with Gasteiger partial charge in [-0.25, -0.2) is 5.06 Å². The van der Waals surface area contributed by atoms with Crippen LogP contribution in [0.3, 0.4) is 0 Å². The Kier molecular flexibility index (Phi) is 6.80. The van der Waals surface area contributed by atoms with Crippen LogP contribution in [0.1, 0.15) is 34.6 Å². The molecule has 0 spiro atoms. The van der Waals surface area contributed by atoms with E-state index >= 15 is 0 Å². The summed E-state index contributed by atoms with van der Waals surface area (Å²) in [5.41, 5.74) is -1.43. The minimum atomic E-state index is -4.79. The molecule has 0 fully saturated rings. The highest BCUT2D eigenvalue weighted by atomic mass is 35.5. The number of halogens is 5. The topological polar surface area (TPSA) is 56.6 Å². The van der Waals surface area contributed by atoms with E-state index in [0.717, 1.165) is 15.9 Å². The van der Waals surface area contributed by atoms with Gasteiger partial charge in [0.25, 0.3) is 5.91 Å². The van der Waals surface area contributed by atoms with Crippen molar-refractivity contribution in [1.29, 1.82) is 0 Å². The first-order chi connectivity index (χ1) is 12.5. The monoisotopic (exact) mass is 445 g/mol. The number of nitrogens with zero attached hydrogens (tertiary/aromatic N) is 3. The lowest BCUT2D eigenvalue weighted by atomic mass is 10.1. The van der Waals surface area contributed by atoms with Gasteiger partial charge in [-0.05, 0) is 12.3 Å². The van der Waals surface area contributed by atoms with E-state index in [2.05, 4.69) is 5.10 Å². The van der Waals surface area contributed by atoms with Gasteiger partial charge in [0.1, 0.15) is 10.4 Å². The lowest BCUT2D eigenvalue weighted by Gasteiger charge is -2.31. The van der Waals surface area contributed by atoms with Gasteiger partial charge in [0, 0.05) is 25.9 Å². The predicted octanol–water partition coefficient (Wildman–Crippen LogP) is 4.59. The summed E-state index contributed by atoms with van der Waals surface area (Å²) < 4.78 is 46.2. The van der Waals surface area contributed by atoms with Crippen LogP contribution in [-0.2, 0) is 22.8 Å². The number of amides is 1. The molecular formula is C15H16Cl2F3N3O3S. The smallest absolute Gasteiger partial charge is 0.374 e. The second kappa shape index (κ2) is 8.36. The highest BCUT2D eigenvalue weighted by Gasteiger charge is 2.41. The number of hydroxylamine groups is 2. The van der Waals surface area contributed by atoms with Crippen molar-refractivity contribution in [2.75, 3.05) is 14.2 Å². The zero-order valence-corrected chi connectivity index (χ0v) is 17.0. The van der Waals surface area contributed by atoms with Crippen molar-refractivity contribution in [2.24, 2.45) is 7.05 Å². The Morgan fingerprint density at radius 3 is 2.44 bits per heavy atom. The predicted molar refractivity (Wildman–Crippen MR) is 94.9 cm³/mol. The molecule has 0 aliphatic rings. The third-order valence-corrected chi connectivity index (χ3v) is 5.66. The Bertz CT molecular complexity index is 825. The van der Waals surface area contributed by atoms with Crippen molar-refractivity contribution in [1.82, 2.24) is 14.8 Å². The van der Waals surface area contributed by atoms with Crippen LogP contribution in [0.15, 0.2) is 11.6 Å². The second-order valence-corrected chi connectivity index (χ2v) is 7.41. The van der Waals surface area contributed by atoms with Crippen LogP contribution in [0.2, 0.25) is 9.36 Å². The highest BCUT2D eigenvalue weighted by Crippen LogP contribution is 2.39. The molecule has 0 N–H and O–H groups in total. The summed E-state index contributed by atoms with van der Waals surface area (Å²) >= 11 is 13.3. The molecule has 0 radical (unpaired) electrons. The van der Waals surface area contributed by atoms with E-state index in [9.17, 15) is 18.0 Å². The molecule has 0 saturated heterocycles. The van der Waals surface area contributed by atoms with Crippen molar-refractivity contribution in [2.45, 2.75) is 25.2 Å². The van der Waals surface area contributed by atoms with E-state index in [1.54, 1.807) is 12.3 Å². The summed E-state index contributed by atoms with van der Waals surface area (Å²) in [5.74, 6) is -1.01. The highest BCUT2D eigenvalue weighted by molar-refractivity contribution is 7.15. The number of hydrogen-bond acceptors (Lipinski definition) is 5. The fourth-order valence-electron chi connectivity index (χ4n) is 2.64. The van der Waals surface area contributed by atoms with Crippen LogP contribution in [0, 0.1) is 0 Å². The molecule has 0 saturated carbocycles. The third kappa shape index (κ3) is 4.40. The number of methoxy groups -OCH3 is 1. The molecule has 2 atom stereocenters. The number of aryl methyl sites for hydroxylation is 1. The second-order valence-electron chi connectivity index (χ2n) is 5.55. The zero-order chi connectivity index (χ0) is 20.5. The van der Waals surface area contributed by atoms with E-state index in [4.69, 9.17) is 32.8 Å². The average Bonchev–Trinajstić information content (AvgIpc) is 3.13. The van der Waals surface area contributed by atoms with Gasteiger partial charge in [0.15, 0.2) is 5.69 Å². The first-order valence-corrected chi connectivity index (χ1v) is 9.10. The molecule has 2 heterocycles. The van der Waals surface area contributed by atoms with Crippen LogP contribution in [0.5, 0.6) is 0 Å². The van der Waals surface area contributed by atoms with E-state index in [1.807, 2.05) is 0 Å². The molecule has 2 rings (SSSR count). The Morgan fingerprint density at radius 2 is 2.00 bits per heavy atom. The van der Waals surface area contributed by atoms with E-state index < -0.39 is 35.5 Å². The number of rotatable bonds is 6. The molecule has 1 amide bonds. The van der Waals surface area contributed by atoms with Gasteiger partial charge in [-0.15, -0.1) is 11.3 Å². The average molecular weight is 446 g/mol. The van der Waals surface area contributed by atoms with Crippen molar-refractivity contribution in [3.63, 3.8) is 0 Å². The van der Waals surface area contributed by atoms with Crippen molar-refractivity contribution in [3.05, 3.63) is 37.8 Å². The lowest BCUT2D eigenvalue weighted by Crippen LogP contribution is -2.42. The molecule has 2 aromatic rings. The SMILES string of the molecule is COC(c1csc(Cl)c1Cl)C(C)N(OC)C(=O)c1cn(C)nc1C(F)(F)F. The summed E-state index contributed by atoms with van der Waals surface area (Å²) in [7, 11) is 3.84. The summed E-state index contributed by atoms with van der Waals surface area (Å²) in [6, 6.07) is -0.822. The summed E-state index contributed by atoms with van der Waals surface area (Å²) in [6.07, 6.45) is -4.59. The quantitative estimate of drug-likeness (QED) is 0.610.